The van der Waals surface area contributed by atoms with Gasteiger partial charge in [-0.05, 0) is 48.3 Å². The van der Waals surface area contributed by atoms with Crippen LogP contribution in [-0.2, 0) is 25.6 Å². The van der Waals surface area contributed by atoms with Crippen LogP contribution in [0.1, 0.15) is 42.9 Å². The summed E-state index contributed by atoms with van der Waals surface area (Å²) in [7, 11) is 0. The van der Waals surface area contributed by atoms with Gasteiger partial charge in [-0.2, -0.15) is 0 Å². The third-order valence-corrected chi connectivity index (χ3v) is 8.88. The molecule has 0 radical (unpaired) electrons. The van der Waals surface area contributed by atoms with E-state index in [0.717, 1.165) is 24.2 Å². The van der Waals surface area contributed by atoms with Crippen molar-refractivity contribution in [3.05, 3.63) is 71.8 Å². The molecule has 4 fully saturated rings. The van der Waals surface area contributed by atoms with E-state index in [0.29, 0.717) is 50.6 Å². The molecule has 3 heterocycles. The number of hydrogen-bond acceptors (Lipinski definition) is 6. The maximum absolute atomic E-state index is 13.8. The number of morpholine rings is 1. The maximum atomic E-state index is 13.8. The molecule has 1 N–H and O–H groups in total. The van der Waals surface area contributed by atoms with E-state index in [1.807, 2.05) is 65.6 Å². The van der Waals surface area contributed by atoms with Crippen LogP contribution in [-0.4, -0.2) is 79.9 Å². The van der Waals surface area contributed by atoms with Crippen molar-refractivity contribution in [1.29, 1.82) is 0 Å². The Morgan fingerprint density at radius 3 is 2.54 bits per heavy atom. The van der Waals surface area contributed by atoms with Crippen molar-refractivity contribution in [2.45, 2.75) is 50.5 Å². The van der Waals surface area contributed by atoms with E-state index < -0.39 is 12.1 Å². The first kappa shape index (κ1) is 26.3. The van der Waals surface area contributed by atoms with E-state index in [1.54, 1.807) is 4.90 Å². The predicted octanol–water partition coefficient (Wildman–Crippen LogP) is 3.77. The van der Waals surface area contributed by atoms with E-state index in [4.69, 9.17) is 14.2 Å². The highest BCUT2D eigenvalue weighted by Crippen LogP contribution is 2.49. The molecule has 1 aliphatic carbocycles. The van der Waals surface area contributed by atoms with Gasteiger partial charge in [0.2, 0.25) is 5.91 Å². The van der Waals surface area contributed by atoms with E-state index in [9.17, 15) is 9.59 Å². The second-order valence-electron chi connectivity index (χ2n) is 11.7. The Bertz CT molecular complexity index is 1120. The number of ether oxygens (including phenoxy) is 3. The summed E-state index contributed by atoms with van der Waals surface area (Å²) in [6, 6.07) is 19.0. The molecule has 1 saturated carbocycles. The lowest BCUT2D eigenvalue weighted by Crippen LogP contribution is -2.51. The van der Waals surface area contributed by atoms with E-state index in [-0.39, 0.29) is 24.7 Å². The second kappa shape index (κ2) is 11.7. The van der Waals surface area contributed by atoms with Crippen LogP contribution in [0.2, 0.25) is 0 Å². The van der Waals surface area contributed by atoms with Crippen molar-refractivity contribution in [2.24, 2.45) is 11.3 Å². The molecule has 4 aliphatic rings. The van der Waals surface area contributed by atoms with Gasteiger partial charge in [-0.15, -0.1) is 0 Å². The van der Waals surface area contributed by atoms with Crippen molar-refractivity contribution in [3.63, 3.8) is 0 Å². The van der Waals surface area contributed by atoms with Crippen molar-refractivity contribution in [2.75, 3.05) is 45.9 Å². The van der Waals surface area contributed by atoms with Gasteiger partial charge in [-0.1, -0.05) is 60.7 Å². The molecule has 8 heteroatoms. The summed E-state index contributed by atoms with van der Waals surface area (Å²) in [4.78, 5) is 30.5. The quantitative estimate of drug-likeness (QED) is 0.584. The van der Waals surface area contributed by atoms with Gasteiger partial charge in [0, 0.05) is 26.1 Å². The average Bonchev–Trinajstić information content (AvgIpc) is 3.63. The third-order valence-electron chi connectivity index (χ3n) is 8.88. The van der Waals surface area contributed by atoms with Gasteiger partial charge < -0.3 is 24.4 Å². The first-order valence-electron chi connectivity index (χ1n) is 14.3. The number of amides is 2. The lowest BCUT2D eigenvalue weighted by Gasteiger charge is -2.45. The molecule has 1 spiro atoms. The molecule has 3 aliphatic heterocycles. The predicted molar refractivity (Wildman–Crippen MR) is 146 cm³/mol. The summed E-state index contributed by atoms with van der Waals surface area (Å²) in [6.07, 6.45) is 3.34. The number of benzene rings is 2. The third kappa shape index (κ3) is 5.98. The smallest absolute Gasteiger partial charge is 0.410 e. The van der Waals surface area contributed by atoms with Gasteiger partial charge in [-0.25, -0.2) is 4.79 Å². The fraction of sp³-hybridized carbons (Fsp3) is 0.548. The topological polar surface area (TPSA) is 80.3 Å². The molecule has 2 aromatic carbocycles. The van der Waals surface area contributed by atoms with E-state index in [1.165, 1.54) is 19.3 Å². The van der Waals surface area contributed by atoms with Crippen LogP contribution in [0, 0.1) is 11.3 Å². The number of hydrogen-bond donors (Lipinski definition) is 1. The van der Waals surface area contributed by atoms with Crippen LogP contribution in [0.5, 0.6) is 0 Å². The molecule has 3 saturated heterocycles. The number of nitrogens with one attached hydrogen (secondary N) is 1. The number of likely N-dealkylation sites (tertiary alicyclic amines) is 1. The number of carbonyl (C=O) groups excluding carboxylic acids is 2. The van der Waals surface area contributed by atoms with Crippen LogP contribution in [0.25, 0.3) is 0 Å². The zero-order valence-corrected chi connectivity index (χ0v) is 22.5. The fourth-order valence-electron chi connectivity index (χ4n) is 6.78. The standard InChI is InChI=1S/C31H39N3O5/c35-29(33-13-14-37-28(19-33)25-9-5-2-6-10-25)27-15-26(38-21-24-16-31(17-24)11-12-32-22-31)18-34(27)30(36)39-20-23-7-3-1-4-8-23/h1-10,24,26-28,32H,11-22H2/t24?,26-,27-,28-,31?/m0/s1. The number of nitrogens with zero attached hydrogens (tertiary/aromatic N) is 2. The van der Waals surface area contributed by atoms with Crippen LogP contribution in [0.3, 0.4) is 0 Å². The van der Waals surface area contributed by atoms with Crippen molar-refractivity contribution in [1.82, 2.24) is 15.1 Å². The molecule has 39 heavy (non-hydrogen) atoms. The monoisotopic (exact) mass is 533 g/mol. The maximum Gasteiger partial charge on any atom is 0.410 e. The first-order valence-corrected chi connectivity index (χ1v) is 14.3. The zero-order chi connectivity index (χ0) is 26.7. The SMILES string of the molecule is O=C([C@@H]1C[C@H](OCC2CC3(CCNC3)C2)CN1C(=O)OCc1ccccc1)N1CCO[C@H](c2ccccc2)C1. The van der Waals surface area contributed by atoms with Gasteiger partial charge in [0.15, 0.2) is 0 Å². The Hall–Kier alpha value is -2.94. The van der Waals surface area contributed by atoms with Crippen LogP contribution in [0.15, 0.2) is 60.7 Å². The molecule has 6 rings (SSSR count). The highest BCUT2D eigenvalue weighted by molar-refractivity contribution is 5.86. The first-order chi connectivity index (χ1) is 19.1. The molecular weight excluding hydrogens is 494 g/mol. The van der Waals surface area contributed by atoms with E-state index in [2.05, 4.69) is 5.32 Å². The number of carbonyl (C=O) groups is 2. The minimum Gasteiger partial charge on any atom is -0.445 e. The Morgan fingerprint density at radius 1 is 1.03 bits per heavy atom. The molecule has 0 aromatic heterocycles. The van der Waals surface area contributed by atoms with Crippen LogP contribution in [0.4, 0.5) is 4.79 Å². The summed E-state index contributed by atoms with van der Waals surface area (Å²) < 4.78 is 18.0. The van der Waals surface area contributed by atoms with E-state index >= 15 is 0 Å². The highest BCUT2D eigenvalue weighted by Gasteiger charge is 2.47. The number of rotatable bonds is 7. The largest absolute Gasteiger partial charge is 0.445 e. The van der Waals surface area contributed by atoms with Gasteiger partial charge in [0.1, 0.15) is 18.8 Å². The summed E-state index contributed by atoms with van der Waals surface area (Å²) in [5.74, 6) is 0.505. The highest BCUT2D eigenvalue weighted by atomic mass is 16.6. The summed E-state index contributed by atoms with van der Waals surface area (Å²) >= 11 is 0. The lowest BCUT2D eigenvalue weighted by atomic mass is 9.62. The molecule has 2 amide bonds. The van der Waals surface area contributed by atoms with Gasteiger partial charge in [0.05, 0.1) is 25.8 Å². The lowest BCUT2D eigenvalue weighted by molar-refractivity contribution is -0.143. The van der Waals surface area contributed by atoms with Gasteiger partial charge in [-0.3, -0.25) is 9.69 Å². The van der Waals surface area contributed by atoms with Crippen molar-refractivity contribution in [3.8, 4) is 0 Å². The van der Waals surface area contributed by atoms with Gasteiger partial charge >= 0.3 is 6.09 Å². The molecule has 2 aromatic rings. The summed E-state index contributed by atoms with van der Waals surface area (Å²) in [5.41, 5.74) is 2.44. The molecule has 0 bridgehead atoms. The molecule has 0 unspecified atom stereocenters. The van der Waals surface area contributed by atoms with Crippen LogP contribution >= 0.6 is 0 Å². The minimum absolute atomic E-state index is 0.0541. The van der Waals surface area contributed by atoms with Gasteiger partial charge in [0.25, 0.3) is 0 Å². The molecule has 208 valence electrons. The molecular formula is C31H39N3O5. The Morgan fingerprint density at radius 2 is 1.79 bits per heavy atom. The van der Waals surface area contributed by atoms with Crippen LogP contribution < -0.4 is 5.32 Å². The Labute approximate surface area is 230 Å². The second-order valence-corrected chi connectivity index (χ2v) is 11.7. The zero-order valence-electron chi connectivity index (χ0n) is 22.5. The Balaban J connectivity index is 1.10. The average molecular weight is 534 g/mol. The normalized spacial score (nSPS) is 30.4. The Kier molecular flexibility index (Phi) is 7.86. The summed E-state index contributed by atoms with van der Waals surface area (Å²) in [5, 5.41) is 3.49. The van der Waals surface area contributed by atoms with Crippen molar-refractivity contribution >= 4 is 12.0 Å². The fourth-order valence-corrected chi connectivity index (χ4v) is 6.78. The molecule has 8 nitrogen and oxygen atoms in total. The molecule has 3 atom stereocenters. The minimum atomic E-state index is -0.598. The summed E-state index contributed by atoms with van der Waals surface area (Å²) in [6.45, 7) is 4.92. The van der Waals surface area contributed by atoms with Crippen molar-refractivity contribution < 1.29 is 23.8 Å².